The molecular formula is C18H24N4O3. The first kappa shape index (κ1) is 18.7. The van der Waals surface area contributed by atoms with Crippen molar-refractivity contribution < 1.29 is 14.6 Å². The van der Waals surface area contributed by atoms with Crippen LogP contribution in [-0.4, -0.2) is 66.8 Å². The fourth-order valence-corrected chi connectivity index (χ4v) is 2.27. The summed E-state index contributed by atoms with van der Waals surface area (Å²) in [6.45, 7) is 3.51. The summed E-state index contributed by atoms with van der Waals surface area (Å²) in [5.74, 6) is 0.470. The van der Waals surface area contributed by atoms with Gasteiger partial charge in [-0.3, -0.25) is 0 Å². The highest BCUT2D eigenvalue weighted by molar-refractivity contribution is 5.94. The monoisotopic (exact) mass is 344 g/mol. The van der Waals surface area contributed by atoms with Crippen molar-refractivity contribution >= 4 is 11.8 Å². The highest BCUT2D eigenvalue weighted by atomic mass is 16.5. The van der Waals surface area contributed by atoms with Crippen LogP contribution in [-0.2, 0) is 4.74 Å². The van der Waals surface area contributed by atoms with E-state index in [1.807, 2.05) is 30.9 Å². The predicted octanol–water partition coefficient (Wildman–Crippen LogP) is 2.02. The molecule has 2 rings (SSSR count). The van der Waals surface area contributed by atoms with Crippen molar-refractivity contribution in [1.29, 1.82) is 0 Å². The van der Waals surface area contributed by atoms with Crippen LogP contribution >= 0.6 is 0 Å². The van der Waals surface area contributed by atoms with E-state index in [4.69, 9.17) is 4.74 Å². The third kappa shape index (κ3) is 4.67. The lowest BCUT2D eigenvalue weighted by atomic mass is 10.2. The number of ether oxygens (including phenoxy) is 1. The quantitative estimate of drug-likeness (QED) is 0.770. The number of para-hydroxylation sites is 1. The predicted molar refractivity (Wildman–Crippen MR) is 96.9 cm³/mol. The fraction of sp³-hybridized carbons (Fsp3) is 0.389. The van der Waals surface area contributed by atoms with Crippen molar-refractivity contribution in [3.05, 3.63) is 36.0 Å². The lowest BCUT2D eigenvalue weighted by molar-refractivity contribution is 0.0526. The Morgan fingerprint density at radius 1 is 1.20 bits per heavy atom. The number of nitrogens with zero attached hydrogens (tertiary/aromatic N) is 4. The molecule has 0 atom stereocenters. The molecule has 7 heteroatoms. The molecule has 0 unspecified atom stereocenters. The number of carbonyl (C=O) groups is 1. The lowest BCUT2D eigenvalue weighted by Crippen LogP contribution is -2.30. The highest BCUT2D eigenvalue weighted by Crippen LogP contribution is 2.28. The summed E-state index contributed by atoms with van der Waals surface area (Å²) in [5, 5.41) is 10.0. The van der Waals surface area contributed by atoms with Crippen LogP contribution in [0.3, 0.4) is 0 Å². The van der Waals surface area contributed by atoms with Gasteiger partial charge in [0.1, 0.15) is 17.1 Å². The molecule has 1 heterocycles. The number of aromatic hydroxyl groups is 1. The van der Waals surface area contributed by atoms with Gasteiger partial charge in [0.2, 0.25) is 0 Å². The van der Waals surface area contributed by atoms with E-state index in [0.29, 0.717) is 29.3 Å². The maximum Gasteiger partial charge on any atom is 0.343 e. The molecule has 134 valence electrons. The zero-order chi connectivity index (χ0) is 18.4. The maximum absolute atomic E-state index is 12.2. The van der Waals surface area contributed by atoms with Gasteiger partial charge in [-0.2, -0.15) is 0 Å². The molecule has 2 aromatic rings. The summed E-state index contributed by atoms with van der Waals surface area (Å²) in [6.07, 6.45) is 1.45. The molecule has 0 spiro atoms. The Hall–Kier alpha value is -2.67. The minimum atomic E-state index is -0.460. The molecule has 1 aromatic heterocycles. The van der Waals surface area contributed by atoms with Crippen LogP contribution in [0.15, 0.2) is 30.5 Å². The standard InChI is InChI=1S/C18H24N4O3/c1-5-25-18(24)14-12-19-16(13-8-6-7-9-15(13)23)20-17(14)22(4)11-10-21(2)3/h6-9,12,23H,5,10-11H2,1-4H3. The Morgan fingerprint density at radius 2 is 1.92 bits per heavy atom. The second-order valence-corrected chi connectivity index (χ2v) is 5.89. The van der Waals surface area contributed by atoms with Crippen LogP contribution in [0.2, 0.25) is 0 Å². The Balaban J connectivity index is 2.45. The normalized spacial score (nSPS) is 10.8. The lowest BCUT2D eigenvalue weighted by Gasteiger charge is -2.22. The molecular weight excluding hydrogens is 320 g/mol. The summed E-state index contributed by atoms with van der Waals surface area (Å²) in [6, 6.07) is 6.84. The topological polar surface area (TPSA) is 78.8 Å². The smallest absolute Gasteiger partial charge is 0.343 e. The summed E-state index contributed by atoms with van der Waals surface area (Å²) >= 11 is 0. The number of benzene rings is 1. The number of carbonyl (C=O) groups excluding carboxylic acids is 1. The Bertz CT molecular complexity index is 734. The summed E-state index contributed by atoms with van der Waals surface area (Å²) in [7, 11) is 5.82. The van der Waals surface area contributed by atoms with Crippen LogP contribution in [0.25, 0.3) is 11.4 Å². The highest BCUT2D eigenvalue weighted by Gasteiger charge is 2.20. The number of hydrogen-bond acceptors (Lipinski definition) is 7. The number of esters is 1. The number of rotatable bonds is 7. The zero-order valence-electron chi connectivity index (χ0n) is 15.1. The van der Waals surface area contributed by atoms with Crippen LogP contribution in [0, 0.1) is 0 Å². The second-order valence-electron chi connectivity index (χ2n) is 5.89. The molecule has 0 bridgehead atoms. The van der Waals surface area contributed by atoms with Crippen LogP contribution in [0.1, 0.15) is 17.3 Å². The molecule has 25 heavy (non-hydrogen) atoms. The Labute approximate surface area is 147 Å². The number of aromatic nitrogens is 2. The largest absolute Gasteiger partial charge is 0.507 e. The molecule has 7 nitrogen and oxygen atoms in total. The fourth-order valence-electron chi connectivity index (χ4n) is 2.27. The number of phenolic OH excluding ortho intramolecular Hbond substituents is 1. The third-order valence-electron chi connectivity index (χ3n) is 3.65. The van der Waals surface area contributed by atoms with Crippen molar-refractivity contribution in [3.63, 3.8) is 0 Å². The van der Waals surface area contributed by atoms with Crippen LogP contribution in [0.5, 0.6) is 5.75 Å². The van der Waals surface area contributed by atoms with Crippen molar-refractivity contribution in [2.45, 2.75) is 6.92 Å². The SMILES string of the molecule is CCOC(=O)c1cnc(-c2ccccc2O)nc1N(C)CCN(C)C. The van der Waals surface area contributed by atoms with Gasteiger partial charge in [-0.05, 0) is 33.2 Å². The van der Waals surface area contributed by atoms with Crippen molar-refractivity contribution in [2.24, 2.45) is 0 Å². The van der Waals surface area contributed by atoms with Crippen LogP contribution in [0.4, 0.5) is 5.82 Å². The average Bonchev–Trinajstić information content (AvgIpc) is 2.59. The van der Waals surface area contributed by atoms with E-state index < -0.39 is 5.97 Å². The number of likely N-dealkylation sites (N-methyl/N-ethyl adjacent to an activating group) is 2. The maximum atomic E-state index is 12.2. The van der Waals surface area contributed by atoms with E-state index in [-0.39, 0.29) is 12.4 Å². The number of phenols is 1. The van der Waals surface area contributed by atoms with Crippen molar-refractivity contribution in [2.75, 3.05) is 45.7 Å². The Kier molecular flexibility index (Phi) is 6.30. The molecule has 0 radical (unpaired) electrons. The van der Waals surface area contributed by atoms with Gasteiger partial charge >= 0.3 is 5.97 Å². The summed E-state index contributed by atoms with van der Waals surface area (Å²) in [5.41, 5.74) is 0.822. The van der Waals surface area contributed by atoms with Crippen molar-refractivity contribution in [3.8, 4) is 17.1 Å². The average molecular weight is 344 g/mol. The molecule has 0 saturated heterocycles. The molecule has 0 aliphatic carbocycles. The molecule has 0 saturated carbocycles. The zero-order valence-corrected chi connectivity index (χ0v) is 15.1. The summed E-state index contributed by atoms with van der Waals surface area (Å²) in [4.78, 5) is 24.9. The van der Waals surface area contributed by atoms with E-state index in [1.165, 1.54) is 6.20 Å². The van der Waals surface area contributed by atoms with Gasteiger partial charge in [-0.15, -0.1) is 0 Å². The van der Waals surface area contributed by atoms with E-state index >= 15 is 0 Å². The van der Waals surface area contributed by atoms with E-state index in [1.54, 1.807) is 31.2 Å². The van der Waals surface area contributed by atoms with Gasteiger partial charge in [0.25, 0.3) is 0 Å². The molecule has 1 aromatic carbocycles. The molecule has 0 fully saturated rings. The third-order valence-corrected chi connectivity index (χ3v) is 3.65. The summed E-state index contributed by atoms with van der Waals surface area (Å²) < 4.78 is 5.11. The minimum Gasteiger partial charge on any atom is -0.507 e. The van der Waals surface area contributed by atoms with Gasteiger partial charge in [0.05, 0.1) is 12.2 Å². The minimum absolute atomic E-state index is 0.0910. The van der Waals surface area contributed by atoms with Gasteiger partial charge in [0.15, 0.2) is 5.82 Å². The Morgan fingerprint density at radius 3 is 2.56 bits per heavy atom. The van der Waals surface area contributed by atoms with E-state index in [0.717, 1.165) is 6.54 Å². The van der Waals surface area contributed by atoms with E-state index in [9.17, 15) is 9.90 Å². The van der Waals surface area contributed by atoms with Gasteiger partial charge in [0, 0.05) is 26.3 Å². The van der Waals surface area contributed by atoms with Gasteiger partial charge in [-0.1, -0.05) is 12.1 Å². The second kappa shape index (κ2) is 8.43. The molecule has 0 aliphatic heterocycles. The first-order chi connectivity index (χ1) is 11.9. The van der Waals surface area contributed by atoms with Crippen molar-refractivity contribution in [1.82, 2.24) is 14.9 Å². The van der Waals surface area contributed by atoms with E-state index in [2.05, 4.69) is 9.97 Å². The number of anilines is 1. The number of hydrogen-bond donors (Lipinski definition) is 1. The molecule has 1 N–H and O–H groups in total. The van der Waals surface area contributed by atoms with Crippen LogP contribution < -0.4 is 4.90 Å². The molecule has 0 aliphatic rings. The van der Waals surface area contributed by atoms with Gasteiger partial charge < -0.3 is 19.6 Å². The van der Waals surface area contributed by atoms with Gasteiger partial charge in [-0.25, -0.2) is 14.8 Å². The molecule has 0 amide bonds. The first-order valence-corrected chi connectivity index (χ1v) is 8.12. The first-order valence-electron chi connectivity index (χ1n) is 8.12.